The van der Waals surface area contributed by atoms with Crippen molar-refractivity contribution in [3.05, 3.63) is 41.8 Å². The highest BCUT2D eigenvalue weighted by Crippen LogP contribution is 2.13. The largest absolute Gasteiger partial charge is 0.407 e. The number of hydrogen-bond acceptors (Lipinski definition) is 5. The number of rotatable bonds is 6. The van der Waals surface area contributed by atoms with Crippen LogP contribution in [0.2, 0.25) is 0 Å². The lowest BCUT2D eigenvalue weighted by atomic mass is 10.2. The van der Waals surface area contributed by atoms with Gasteiger partial charge >= 0.3 is 6.01 Å². The van der Waals surface area contributed by atoms with Crippen LogP contribution in [-0.2, 0) is 13.1 Å². The smallest absolute Gasteiger partial charge is 0.318 e. The van der Waals surface area contributed by atoms with Gasteiger partial charge in [-0.1, -0.05) is 42.4 Å². The summed E-state index contributed by atoms with van der Waals surface area (Å²) in [6.45, 7) is 4.29. The van der Waals surface area contributed by atoms with Gasteiger partial charge in [0.1, 0.15) is 0 Å². The highest BCUT2D eigenvalue weighted by molar-refractivity contribution is 5.26. The Kier molecular flexibility index (Phi) is 4.30. The lowest BCUT2D eigenvalue weighted by Crippen LogP contribution is -2.16. The summed E-state index contributed by atoms with van der Waals surface area (Å²) in [7, 11) is 1.94. The van der Waals surface area contributed by atoms with Crippen molar-refractivity contribution in [1.82, 2.24) is 15.5 Å². The Labute approximate surface area is 107 Å². The third kappa shape index (κ3) is 3.30. The van der Waals surface area contributed by atoms with E-state index in [9.17, 15) is 0 Å². The molecule has 2 rings (SSSR count). The fourth-order valence-corrected chi connectivity index (χ4v) is 1.63. The van der Waals surface area contributed by atoms with Crippen LogP contribution in [0.15, 0.2) is 34.7 Å². The first-order valence-corrected chi connectivity index (χ1v) is 6.07. The quantitative estimate of drug-likeness (QED) is 0.842. The molecule has 5 nitrogen and oxygen atoms in total. The summed E-state index contributed by atoms with van der Waals surface area (Å²) in [6, 6.07) is 10.7. The molecule has 1 heterocycles. The molecule has 18 heavy (non-hydrogen) atoms. The van der Waals surface area contributed by atoms with Crippen molar-refractivity contribution in [3.8, 4) is 0 Å². The summed E-state index contributed by atoms with van der Waals surface area (Å²) >= 11 is 0. The van der Waals surface area contributed by atoms with Crippen molar-refractivity contribution in [1.29, 1.82) is 0 Å². The van der Waals surface area contributed by atoms with Crippen LogP contribution in [0.1, 0.15) is 18.4 Å². The molecule has 96 valence electrons. The molecule has 5 heteroatoms. The highest BCUT2D eigenvalue weighted by Gasteiger charge is 2.10. The van der Waals surface area contributed by atoms with E-state index in [4.69, 9.17) is 4.42 Å². The normalized spacial score (nSPS) is 10.6. The second kappa shape index (κ2) is 6.16. The van der Waals surface area contributed by atoms with Gasteiger partial charge in [0, 0.05) is 13.6 Å². The summed E-state index contributed by atoms with van der Waals surface area (Å²) in [5, 5.41) is 11.2. The molecule has 0 atom stereocenters. The van der Waals surface area contributed by atoms with Gasteiger partial charge in [-0.25, -0.2) is 0 Å². The molecule has 0 saturated heterocycles. The van der Waals surface area contributed by atoms with Crippen LogP contribution < -0.4 is 10.2 Å². The van der Waals surface area contributed by atoms with E-state index in [1.54, 1.807) is 0 Å². The van der Waals surface area contributed by atoms with E-state index in [0.29, 0.717) is 18.5 Å². The van der Waals surface area contributed by atoms with E-state index in [-0.39, 0.29) is 0 Å². The molecule has 0 aliphatic heterocycles. The summed E-state index contributed by atoms with van der Waals surface area (Å²) in [4.78, 5) is 1.94. The molecule has 0 spiro atoms. The van der Waals surface area contributed by atoms with Crippen LogP contribution in [0.4, 0.5) is 6.01 Å². The predicted molar refractivity (Wildman–Crippen MR) is 70.2 cm³/mol. The number of hydrogen-bond donors (Lipinski definition) is 1. The maximum atomic E-state index is 5.56. The first kappa shape index (κ1) is 12.6. The lowest BCUT2D eigenvalue weighted by molar-refractivity contribution is 0.469. The van der Waals surface area contributed by atoms with Crippen LogP contribution >= 0.6 is 0 Å². The minimum Gasteiger partial charge on any atom is -0.407 e. The second-order valence-electron chi connectivity index (χ2n) is 4.10. The Balaban J connectivity index is 1.96. The third-order valence-electron chi connectivity index (χ3n) is 2.57. The zero-order chi connectivity index (χ0) is 12.8. The maximum Gasteiger partial charge on any atom is 0.318 e. The van der Waals surface area contributed by atoms with Gasteiger partial charge in [0.15, 0.2) is 0 Å². The summed E-state index contributed by atoms with van der Waals surface area (Å²) in [5.41, 5.74) is 1.21. The molecule has 0 amide bonds. The lowest BCUT2D eigenvalue weighted by Gasteiger charge is -2.13. The van der Waals surface area contributed by atoms with Crippen molar-refractivity contribution in [3.63, 3.8) is 0 Å². The molecular weight excluding hydrogens is 228 g/mol. The highest BCUT2D eigenvalue weighted by atomic mass is 16.4. The predicted octanol–water partition coefficient (Wildman–Crippen LogP) is 1.82. The Morgan fingerprint density at radius 2 is 2.00 bits per heavy atom. The van der Waals surface area contributed by atoms with Crippen LogP contribution in [0.3, 0.4) is 0 Å². The van der Waals surface area contributed by atoms with Crippen molar-refractivity contribution < 1.29 is 4.42 Å². The Morgan fingerprint density at radius 3 is 2.72 bits per heavy atom. The molecule has 0 aliphatic rings. The molecule has 1 N–H and O–H groups in total. The van der Waals surface area contributed by atoms with Gasteiger partial charge in [0.2, 0.25) is 5.89 Å². The number of nitrogens with one attached hydrogen (secondary N) is 1. The molecule has 0 fully saturated rings. The van der Waals surface area contributed by atoms with E-state index in [2.05, 4.69) is 27.6 Å². The van der Waals surface area contributed by atoms with E-state index in [1.807, 2.05) is 37.1 Å². The molecule has 0 unspecified atom stereocenters. The van der Waals surface area contributed by atoms with Gasteiger partial charge in [-0.3, -0.25) is 0 Å². The minimum absolute atomic E-state index is 0.548. The first-order valence-electron chi connectivity index (χ1n) is 6.07. The average Bonchev–Trinajstić information content (AvgIpc) is 2.86. The monoisotopic (exact) mass is 246 g/mol. The molecular formula is C13H18N4O. The van der Waals surface area contributed by atoms with E-state index < -0.39 is 0 Å². The molecule has 0 radical (unpaired) electrons. The zero-order valence-corrected chi connectivity index (χ0v) is 10.8. The first-order chi connectivity index (χ1) is 8.79. The third-order valence-corrected chi connectivity index (χ3v) is 2.57. The molecule has 0 aliphatic carbocycles. The van der Waals surface area contributed by atoms with Gasteiger partial charge in [-0.2, -0.15) is 0 Å². The summed E-state index contributed by atoms with van der Waals surface area (Å²) in [5.74, 6) is 0.617. The fraction of sp³-hybridized carbons (Fsp3) is 0.385. The number of benzene rings is 1. The summed E-state index contributed by atoms with van der Waals surface area (Å²) in [6.07, 6.45) is 0. The molecule has 2 aromatic rings. The van der Waals surface area contributed by atoms with Crippen molar-refractivity contribution in [2.24, 2.45) is 0 Å². The second-order valence-corrected chi connectivity index (χ2v) is 4.10. The van der Waals surface area contributed by atoms with Crippen LogP contribution in [-0.4, -0.2) is 23.8 Å². The van der Waals surface area contributed by atoms with Gasteiger partial charge in [-0.15, -0.1) is 5.10 Å². The summed E-state index contributed by atoms with van der Waals surface area (Å²) < 4.78 is 5.56. The SMILES string of the molecule is CCNCc1nnc(N(C)Cc2ccccc2)o1. The molecule has 1 aromatic heterocycles. The van der Waals surface area contributed by atoms with Crippen molar-refractivity contribution in [2.75, 3.05) is 18.5 Å². The number of nitrogens with zero attached hydrogens (tertiary/aromatic N) is 3. The van der Waals surface area contributed by atoms with Crippen LogP contribution in [0.5, 0.6) is 0 Å². The molecule has 0 saturated carbocycles. The fourth-order valence-electron chi connectivity index (χ4n) is 1.63. The Morgan fingerprint density at radius 1 is 1.22 bits per heavy atom. The van der Waals surface area contributed by atoms with Gasteiger partial charge in [-0.05, 0) is 12.1 Å². The van der Waals surface area contributed by atoms with Crippen molar-refractivity contribution in [2.45, 2.75) is 20.0 Å². The van der Waals surface area contributed by atoms with Crippen molar-refractivity contribution >= 4 is 6.01 Å². The van der Waals surface area contributed by atoms with Gasteiger partial charge in [0.05, 0.1) is 6.54 Å². The van der Waals surface area contributed by atoms with Gasteiger partial charge < -0.3 is 14.6 Å². The average molecular weight is 246 g/mol. The molecule has 0 bridgehead atoms. The standard InChI is InChI=1S/C13H18N4O/c1-3-14-9-12-15-16-13(18-12)17(2)10-11-7-5-4-6-8-11/h4-8,14H,3,9-10H2,1-2H3. The van der Waals surface area contributed by atoms with E-state index in [1.165, 1.54) is 5.56 Å². The van der Waals surface area contributed by atoms with E-state index in [0.717, 1.165) is 13.1 Å². The Bertz CT molecular complexity index is 469. The van der Waals surface area contributed by atoms with Crippen LogP contribution in [0.25, 0.3) is 0 Å². The topological polar surface area (TPSA) is 54.2 Å². The van der Waals surface area contributed by atoms with Crippen LogP contribution in [0, 0.1) is 0 Å². The van der Waals surface area contributed by atoms with E-state index >= 15 is 0 Å². The Hall–Kier alpha value is -1.88. The maximum absolute atomic E-state index is 5.56. The number of aromatic nitrogens is 2. The van der Waals surface area contributed by atoms with Gasteiger partial charge in [0.25, 0.3) is 0 Å². The zero-order valence-electron chi connectivity index (χ0n) is 10.8. The minimum atomic E-state index is 0.548. The molecule has 1 aromatic carbocycles. The number of anilines is 1.